The Morgan fingerprint density at radius 1 is 1.09 bits per heavy atom. The molecule has 0 spiro atoms. The molecule has 0 bridgehead atoms. The summed E-state index contributed by atoms with van der Waals surface area (Å²) in [5, 5.41) is 23.8. The Morgan fingerprint density at radius 3 is 2.22 bits per heavy atom. The predicted octanol–water partition coefficient (Wildman–Crippen LogP) is 3.72. The SMILES string of the molecule is Cc1ccc(NC(=O)c2cc([N+](=O)[O-])cc([N+](=O)[O-])c2Cl)cc1. The summed E-state index contributed by atoms with van der Waals surface area (Å²) < 4.78 is 0. The van der Waals surface area contributed by atoms with Gasteiger partial charge in [-0.3, -0.25) is 25.0 Å². The van der Waals surface area contributed by atoms with Crippen LogP contribution in [0.4, 0.5) is 17.1 Å². The summed E-state index contributed by atoms with van der Waals surface area (Å²) in [6, 6.07) is 8.39. The van der Waals surface area contributed by atoms with Crippen LogP contribution in [0.2, 0.25) is 5.02 Å². The smallest absolute Gasteiger partial charge is 0.295 e. The predicted molar refractivity (Wildman–Crippen MR) is 83.9 cm³/mol. The van der Waals surface area contributed by atoms with Crippen LogP contribution in [0.1, 0.15) is 15.9 Å². The van der Waals surface area contributed by atoms with Gasteiger partial charge in [0.1, 0.15) is 5.02 Å². The van der Waals surface area contributed by atoms with Crippen LogP contribution in [0, 0.1) is 27.2 Å². The Kier molecular flexibility index (Phi) is 4.56. The largest absolute Gasteiger partial charge is 0.322 e. The van der Waals surface area contributed by atoms with Crippen LogP contribution in [0.5, 0.6) is 0 Å². The van der Waals surface area contributed by atoms with Crippen molar-refractivity contribution >= 4 is 34.6 Å². The van der Waals surface area contributed by atoms with Crippen molar-refractivity contribution in [3.63, 3.8) is 0 Å². The maximum absolute atomic E-state index is 12.2. The minimum Gasteiger partial charge on any atom is -0.322 e. The normalized spacial score (nSPS) is 10.2. The van der Waals surface area contributed by atoms with E-state index in [-0.39, 0.29) is 5.56 Å². The highest BCUT2D eigenvalue weighted by Crippen LogP contribution is 2.33. The lowest BCUT2D eigenvalue weighted by molar-refractivity contribution is -0.394. The maximum Gasteiger partial charge on any atom is 0.295 e. The number of amides is 1. The van der Waals surface area contributed by atoms with E-state index < -0.39 is 32.2 Å². The number of nitrogens with one attached hydrogen (secondary N) is 1. The average molecular weight is 336 g/mol. The number of benzene rings is 2. The molecule has 0 aliphatic rings. The molecule has 8 nitrogen and oxygen atoms in total. The zero-order chi connectivity index (χ0) is 17.1. The van der Waals surface area contributed by atoms with E-state index in [2.05, 4.69) is 5.32 Å². The molecular weight excluding hydrogens is 326 g/mol. The fraction of sp³-hybridized carbons (Fsp3) is 0.0714. The number of nitro groups is 2. The number of carbonyl (C=O) groups excluding carboxylic acids is 1. The van der Waals surface area contributed by atoms with Crippen molar-refractivity contribution in [3.8, 4) is 0 Å². The van der Waals surface area contributed by atoms with Crippen molar-refractivity contribution in [3.05, 3.63) is 72.8 Å². The molecule has 0 atom stereocenters. The molecule has 0 aromatic heterocycles. The minimum atomic E-state index is -0.877. The number of anilines is 1. The molecule has 23 heavy (non-hydrogen) atoms. The molecule has 0 heterocycles. The first kappa shape index (κ1) is 16.4. The third-order valence-electron chi connectivity index (χ3n) is 3.00. The molecule has 0 aliphatic carbocycles. The van der Waals surface area contributed by atoms with Crippen LogP contribution in [-0.4, -0.2) is 15.8 Å². The fourth-order valence-electron chi connectivity index (χ4n) is 1.83. The minimum absolute atomic E-state index is 0.340. The van der Waals surface area contributed by atoms with E-state index in [1.54, 1.807) is 24.3 Å². The highest BCUT2D eigenvalue weighted by atomic mass is 35.5. The van der Waals surface area contributed by atoms with Crippen LogP contribution < -0.4 is 5.32 Å². The van der Waals surface area contributed by atoms with E-state index in [0.29, 0.717) is 11.8 Å². The van der Waals surface area contributed by atoms with Crippen molar-refractivity contribution in [2.45, 2.75) is 6.92 Å². The number of non-ortho nitro benzene ring substituents is 1. The summed E-state index contributed by atoms with van der Waals surface area (Å²) in [5.41, 5.74) is -0.212. The first-order valence-corrected chi connectivity index (χ1v) is 6.67. The number of halogens is 1. The first-order chi connectivity index (χ1) is 10.8. The average Bonchev–Trinajstić information content (AvgIpc) is 2.49. The van der Waals surface area contributed by atoms with Gasteiger partial charge in [0.05, 0.1) is 21.5 Å². The first-order valence-electron chi connectivity index (χ1n) is 6.30. The molecule has 0 radical (unpaired) electrons. The van der Waals surface area contributed by atoms with E-state index in [0.717, 1.165) is 11.6 Å². The molecule has 0 saturated carbocycles. The second-order valence-corrected chi connectivity index (χ2v) is 5.04. The van der Waals surface area contributed by atoms with E-state index in [1.807, 2.05) is 6.92 Å². The molecule has 0 fully saturated rings. The summed E-state index contributed by atoms with van der Waals surface area (Å²) in [6.07, 6.45) is 0. The molecule has 0 unspecified atom stereocenters. The summed E-state index contributed by atoms with van der Waals surface area (Å²) in [7, 11) is 0. The number of hydrogen-bond donors (Lipinski definition) is 1. The molecule has 9 heteroatoms. The number of nitro benzene ring substituents is 2. The van der Waals surface area contributed by atoms with Gasteiger partial charge in [-0.05, 0) is 19.1 Å². The number of carbonyl (C=O) groups is 1. The molecule has 1 N–H and O–H groups in total. The molecule has 2 aromatic rings. The lowest BCUT2D eigenvalue weighted by Gasteiger charge is -2.07. The summed E-state index contributed by atoms with van der Waals surface area (Å²) in [6.45, 7) is 1.87. The quantitative estimate of drug-likeness (QED) is 0.675. The topological polar surface area (TPSA) is 115 Å². The summed E-state index contributed by atoms with van der Waals surface area (Å²) in [5.74, 6) is -0.773. The van der Waals surface area contributed by atoms with E-state index in [9.17, 15) is 25.0 Å². The third kappa shape index (κ3) is 3.61. The van der Waals surface area contributed by atoms with Gasteiger partial charge in [-0.25, -0.2) is 0 Å². The van der Waals surface area contributed by atoms with Crippen molar-refractivity contribution in [1.29, 1.82) is 0 Å². The fourth-order valence-corrected chi connectivity index (χ4v) is 2.10. The molecule has 0 aliphatic heterocycles. The van der Waals surface area contributed by atoms with Gasteiger partial charge in [0.15, 0.2) is 0 Å². The van der Waals surface area contributed by atoms with Gasteiger partial charge in [0.25, 0.3) is 17.3 Å². The lowest BCUT2D eigenvalue weighted by Crippen LogP contribution is -2.13. The monoisotopic (exact) mass is 335 g/mol. The zero-order valence-electron chi connectivity index (χ0n) is 11.8. The van der Waals surface area contributed by atoms with Gasteiger partial charge in [-0.15, -0.1) is 0 Å². The van der Waals surface area contributed by atoms with Crippen LogP contribution in [0.3, 0.4) is 0 Å². The number of hydrogen-bond acceptors (Lipinski definition) is 5. The van der Waals surface area contributed by atoms with Gasteiger partial charge in [-0.1, -0.05) is 29.3 Å². The Bertz CT molecular complexity index is 805. The Morgan fingerprint density at radius 2 is 1.70 bits per heavy atom. The van der Waals surface area contributed by atoms with Crippen molar-refractivity contribution in [1.82, 2.24) is 0 Å². The molecular formula is C14H10ClN3O5. The van der Waals surface area contributed by atoms with Gasteiger partial charge >= 0.3 is 0 Å². The molecule has 2 aromatic carbocycles. The van der Waals surface area contributed by atoms with Gasteiger partial charge in [0.2, 0.25) is 0 Å². The van der Waals surface area contributed by atoms with Gasteiger partial charge in [-0.2, -0.15) is 0 Å². The van der Waals surface area contributed by atoms with Gasteiger partial charge < -0.3 is 5.32 Å². The van der Waals surface area contributed by atoms with Crippen LogP contribution in [-0.2, 0) is 0 Å². The van der Waals surface area contributed by atoms with Crippen LogP contribution >= 0.6 is 11.6 Å². The maximum atomic E-state index is 12.2. The molecule has 118 valence electrons. The van der Waals surface area contributed by atoms with E-state index in [1.165, 1.54) is 0 Å². The summed E-state index contributed by atoms with van der Waals surface area (Å²) in [4.78, 5) is 32.3. The highest BCUT2D eigenvalue weighted by Gasteiger charge is 2.26. The van der Waals surface area contributed by atoms with Crippen LogP contribution in [0.15, 0.2) is 36.4 Å². The molecule has 1 amide bonds. The Balaban J connectivity index is 2.44. The lowest BCUT2D eigenvalue weighted by atomic mass is 10.1. The van der Waals surface area contributed by atoms with E-state index in [4.69, 9.17) is 11.6 Å². The number of rotatable bonds is 4. The van der Waals surface area contributed by atoms with Crippen molar-refractivity contribution in [2.24, 2.45) is 0 Å². The van der Waals surface area contributed by atoms with Crippen molar-refractivity contribution in [2.75, 3.05) is 5.32 Å². The highest BCUT2D eigenvalue weighted by molar-refractivity contribution is 6.36. The second kappa shape index (κ2) is 6.41. The summed E-state index contributed by atoms with van der Waals surface area (Å²) >= 11 is 5.84. The molecule has 0 saturated heterocycles. The zero-order valence-corrected chi connectivity index (χ0v) is 12.5. The third-order valence-corrected chi connectivity index (χ3v) is 3.40. The number of nitrogens with zero attached hydrogens (tertiary/aromatic N) is 2. The van der Waals surface area contributed by atoms with Crippen molar-refractivity contribution < 1.29 is 14.6 Å². The number of aryl methyl sites for hydroxylation is 1. The Labute approximate surface area is 135 Å². The van der Waals surface area contributed by atoms with Crippen LogP contribution in [0.25, 0.3) is 0 Å². The van der Waals surface area contributed by atoms with E-state index >= 15 is 0 Å². The molecule has 2 rings (SSSR count). The Hall–Kier alpha value is -3.00. The standard InChI is InChI=1S/C14H10ClN3O5/c1-8-2-4-9(5-3-8)16-14(19)11-6-10(17(20)21)7-12(13(11)15)18(22)23/h2-7H,1H3,(H,16,19). The van der Waals surface area contributed by atoms with Gasteiger partial charge in [0, 0.05) is 11.8 Å². The second-order valence-electron chi connectivity index (χ2n) is 4.66.